The Morgan fingerprint density at radius 1 is 1.11 bits per heavy atom. The number of hydrogen-bond acceptors (Lipinski definition) is 6. The van der Waals surface area contributed by atoms with Gasteiger partial charge in [0.1, 0.15) is 19.0 Å². The van der Waals surface area contributed by atoms with Crippen molar-refractivity contribution in [2.75, 3.05) is 65.0 Å². The fourth-order valence-corrected chi connectivity index (χ4v) is 3.95. The number of nitrogens with one attached hydrogen (secondary N) is 1. The molecule has 0 saturated carbocycles. The Morgan fingerprint density at radius 2 is 1.83 bits per heavy atom. The van der Waals surface area contributed by atoms with Gasteiger partial charge in [-0.25, -0.2) is 9.37 Å². The Labute approximate surface area is 209 Å². The molecule has 1 aliphatic heterocycles. The maximum Gasteiger partial charge on any atom is 0.249 e. The molecule has 1 saturated heterocycles. The summed E-state index contributed by atoms with van der Waals surface area (Å²) in [6, 6.07) is 15.5. The van der Waals surface area contributed by atoms with Crippen molar-refractivity contribution in [1.29, 1.82) is 0 Å². The number of morpholine rings is 1. The van der Waals surface area contributed by atoms with Crippen LogP contribution < -0.4 is 5.32 Å². The van der Waals surface area contributed by atoms with Gasteiger partial charge in [-0.2, -0.15) is 0 Å². The molecule has 0 spiro atoms. The second-order valence-electron chi connectivity index (χ2n) is 8.41. The number of ether oxygens (including phenoxy) is 2. The second kappa shape index (κ2) is 12.4. The van der Waals surface area contributed by atoms with E-state index in [4.69, 9.17) is 9.47 Å². The molecular formula is C26H30FN5O4. The third-order valence-corrected chi connectivity index (χ3v) is 5.88. The normalized spacial score (nSPS) is 13.9. The van der Waals surface area contributed by atoms with E-state index in [9.17, 15) is 14.0 Å². The molecule has 0 unspecified atom stereocenters. The van der Waals surface area contributed by atoms with Gasteiger partial charge >= 0.3 is 0 Å². The summed E-state index contributed by atoms with van der Waals surface area (Å²) in [4.78, 5) is 34.0. The van der Waals surface area contributed by atoms with Crippen LogP contribution in [0, 0.1) is 5.82 Å². The molecule has 36 heavy (non-hydrogen) atoms. The van der Waals surface area contributed by atoms with Gasteiger partial charge < -0.3 is 14.4 Å². The van der Waals surface area contributed by atoms with E-state index < -0.39 is 5.91 Å². The van der Waals surface area contributed by atoms with E-state index in [2.05, 4.69) is 15.2 Å². The Hall–Kier alpha value is -3.60. The largest absolute Gasteiger partial charge is 0.379 e. The number of methoxy groups -OCH3 is 1. The van der Waals surface area contributed by atoms with Crippen LogP contribution in [0.15, 0.2) is 60.8 Å². The third-order valence-electron chi connectivity index (χ3n) is 5.88. The number of aromatic nitrogens is 2. The summed E-state index contributed by atoms with van der Waals surface area (Å²) in [7, 11) is 1.45. The molecule has 2 amide bonds. The zero-order chi connectivity index (χ0) is 25.3. The number of nitrogens with zero attached hydrogens (tertiary/aromatic N) is 4. The van der Waals surface area contributed by atoms with Crippen molar-refractivity contribution < 1.29 is 23.5 Å². The topological polar surface area (TPSA) is 88.9 Å². The number of benzene rings is 2. The Bertz CT molecular complexity index is 1150. The summed E-state index contributed by atoms with van der Waals surface area (Å²) < 4.78 is 25.6. The van der Waals surface area contributed by atoms with Gasteiger partial charge in [-0.05, 0) is 24.3 Å². The van der Waals surface area contributed by atoms with E-state index >= 15 is 0 Å². The monoisotopic (exact) mass is 495 g/mol. The molecule has 0 bridgehead atoms. The molecule has 1 aliphatic rings. The first-order chi connectivity index (χ1) is 17.5. The first kappa shape index (κ1) is 25.5. The fourth-order valence-electron chi connectivity index (χ4n) is 3.95. The highest BCUT2D eigenvalue weighted by molar-refractivity contribution is 5.94. The number of amides is 2. The van der Waals surface area contributed by atoms with E-state index in [1.54, 1.807) is 22.9 Å². The van der Waals surface area contributed by atoms with Crippen molar-refractivity contribution in [2.24, 2.45) is 0 Å². The number of halogens is 1. The average molecular weight is 496 g/mol. The van der Waals surface area contributed by atoms with Crippen molar-refractivity contribution in [2.45, 2.75) is 0 Å². The maximum atomic E-state index is 13.5. The summed E-state index contributed by atoms with van der Waals surface area (Å²) in [5, 5.41) is 2.83. The summed E-state index contributed by atoms with van der Waals surface area (Å²) in [6.07, 6.45) is 1.78. The molecule has 3 aromatic rings. The highest BCUT2D eigenvalue weighted by Gasteiger charge is 2.21. The van der Waals surface area contributed by atoms with Gasteiger partial charge in [0.15, 0.2) is 0 Å². The van der Waals surface area contributed by atoms with Crippen molar-refractivity contribution in [3.63, 3.8) is 0 Å². The van der Waals surface area contributed by atoms with E-state index in [1.165, 1.54) is 24.1 Å². The lowest BCUT2D eigenvalue weighted by atomic mass is 10.2. The number of hydrogen-bond donors (Lipinski definition) is 1. The minimum absolute atomic E-state index is 0.112. The summed E-state index contributed by atoms with van der Waals surface area (Å²) >= 11 is 0. The van der Waals surface area contributed by atoms with Crippen molar-refractivity contribution in [3.8, 4) is 16.9 Å². The van der Waals surface area contributed by atoms with Crippen LogP contribution in [-0.4, -0.2) is 90.8 Å². The molecule has 0 atom stereocenters. The highest BCUT2D eigenvalue weighted by atomic mass is 19.1. The smallest absolute Gasteiger partial charge is 0.249 e. The molecule has 0 radical (unpaired) electrons. The molecule has 0 aliphatic carbocycles. The molecule has 10 heteroatoms. The maximum absolute atomic E-state index is 13.5. The second-order valence-corrected chi connectivity index (χ2v) is 8.41. The molecule has 4 rings (SSSR count). The number of carbonyl (C=O) groups is 2. The molecule has 190 valence electrons. The molecule has 2 aromatic carbocycles. The van der Waals surface area contributed by atoms with Gasteiger partial charge in [-0.1, -0.05) is 30.3 Å². The summed E-state index contributed by atoms with van der Waals surface area (Å²) in [5.74, 6) is -0.749. The van der Waals surface area contributed by atoms with Gasteiger partial charge in [-0.15, -0.1) is 0 Å². The number of carbonyl (C=O) groups excluding carboxylic acids is 2. The fraction of sp³-hybridized carbons (Fsp3) is 0.346. The predicted molar refractivity (Wildman–Crippen MR) is 133 cm³/mol. The zero-order valence-corrected chi connectivity index (χ0v) is 20.2. The van der Waals surface area contributed by atoms with Crippen molar-refractivity contribution in [1.82, 2.24) is 19.4 Å². The van der Waals surface area contributed by atoms with Gasteiger partial charge in [-0.3, -0.25) is 24.4 Å². The lowest BCUT2D eigenvalue weighted by Gasteiger charge is -2.29. The van der Waals surface area contributed by atoms with Gasteiger partial charge in [0.25, 0.3) is 0 Å². The van der Waals surface area contributed by atoms with Gasteiger partial charge in [0, 0.05) is 50.7 Å². The predicted octanol–water partition coefficient (Wildman–Crippen LogP) is 2.42. The van der Waals surface area contributed by atoms with E-state index in [1.807, 2.05) is 30.3 Å². The van der Waals surface area contributed by atoms with Crippen LogP contribution in [-0.2, 0) is 19.1 Å². The quantitative estimate of drug-likeness (QED) is 0.465. The molecular weight excluding hydrogens is 465 g/mol. The highest BCUT2D eigenvalue weighted by Crippen LogP contribution is 2.24. The molecule has 1 fully saturated rings. The minimum Gasteiger partial charge on any atom is -0.379 e. The van der Waals surface area contributed by atoms with E-state index in [0.29, 0.717) is 37.7 Å². The van der Waals surface area contributed by atoms with Crippen LogP contribution in [0.1, 0.15) is 0 Å². The van der Waals surface area contributed by atoms with Crippen LogP contribution in [0.5, 0.6) is 0 Å². The van der Waals surface area contributed by atoms with Crippen LogP contribution in [0.25, 0.3) is 16.9 Å². The molecule has 1 aromatic heterocycles. The molecule has 1 N–H and O–H groups in total. The Kier molecular flexibility index (Phi) is 8.77. The number of rotatable bonds is 10. The Morgan fingerprint density at radius 3 is 2.53 bits per heavy atom. The standard InChI is InChI=1S/C26H30FN5O4/c1-35-19-25(34)31(12-11-30-13-15-36-16-14-30)18-24(33)29-26-28-23(20-5-3-2-4-6-20)17-32(26)22-9-7-21(27)8-10-22/h2-10,17H,11-16,18-19H2,1H3,(H,28,29,33). The molecule has 2 heterocycles. The van der Waals surface area contributed by atoms with E-state index in [0.717, 1.165) is 18.7 Å². The first-order valence-electron chi connectivity index (χ1n) is 11.8. The summed E-state index contributed by atoms with van der Waals surface area (Å²) in [5.41, 5.74) is 2.16. The lowest BCUT2D eigenvalue weighted by Crippen LogP contribution is -2.46. The van der Waals surface area contributed by atoms with E-state index in [-0.39, 0.29) is 30.8 Å². The number of anilines is 1. The van der Waals surface area contributed by atoms with Crippen LogP contribution in [0.2, 0.25) is 0 Å². The van der Waals surface area contributed by atoms with Crippen LogP contribution in [0.3, 0.4) is 0 Å². The minimum atomic E-state index is -0.394. The van der Waals surface area contributed by atoms with Gasteiger partial charge in [0.05, 0.1) is 18.9 Å². The molecule has 9 nitrogen and oxygen atoms in total. The SMILES string of the molecule is COCC(=O)N(CCN1CCOCC1)CC(=O)Nc1nc(-c2ccccc2)cn1-c1ccc(F)cc1. The van der Waals surface area contributed by atoms with Crippen LogP contribution in [0.4, 0.5) is 10.3 Å². The van der Waals surface area contributed by atoms with Crippen molar-refractivity contribution >= 4 is 17.8 Å². The number of imidazole rings is 1. The lowest BCUT2D eigenvalue weighted by molar-refractivity contribution is -0.138. The average Bonchev–Trinajstić information content (AvgIpc) is 3.31. The van der Waals surface area contributed by atoms with Gasteiger partial charge in [0.2, 0.25) is 17.8 Å². The zero-order valence-electron chi connectivity index (χ0n) is 20.2. The third kappa shape index (κ3) is 6.75. The first-order valence-corrected chi connectivity index (χ1v) is 11.8. The Balaban J connectivity index is 1.52. The van der Waals surface area contributed by atoms with Crippen molar-refractivity contribution in [3.05, 3.63) is 66.6 Å². The van der Waals surface area contributed by atoms with Crippen LogP contribution >= 0.6 is 0 Å². The summed E-state index contributed by atoms with van der Waals surface area (Å²) in [6.45, 7) is 3.64.